The molecule has 0 aliphatic carbocycles. The van der Waals surface area contributed by atoms with Gasteiger partial charge in [-0.25, -0.2) is 14.0 Å². The molecule has 1 fully saturated rings. The van der Waals surface area contributed by atoms with E-state index in [2.05, 4.69) is 5.32 Å². The van der Waals surface area contributed by atoms with Crippen molar-refractivity contribution < 1.29 is 23.8 Å². The highest BCUT2D eigenvalue weighted by atomic mass is 19.1. The first-order valence-corrected chi connectivity index (χ1v) is 6.60. The summed E-state index contributed by atoms with van der Waals surface area (Å²) in [7, 11) is 0. The molecule has 0 spiro atoms. The van der Waals surface area contributed by atoms with Gasteiger partial charge in [0.05, 0.1) is 24.3 Å². The van der Waals surface area contributed by atoms with Gasteiger partial charge in [0.2, 0.25) is 0 Å². The minimum atomic E-state index is -1.35. The standard InChI is InChI=1S/C14H17FN2O4/c1-8-7-21-9(2)6-17(8)14(20)16-10-3-4-11(13(18)19)12(15)5-10/h3-5,8-9H,6-7H2,1-2H3,(H,16,20)(H,18,19). The summed E-state index contributed by atoms with van der Waals surface area (Å²) in [5.74, 6) is -2.23. The molecule has 21 heavy (non-hydrogen) atoms. The Hall–Kier alpha value is -2.15. The van der Waals surface area contributed by atoms with Gasteiger partial charge in [-0.15, -0.1) is 0 Å². The number of aromatic carboxylic acids is 1. The first-order valence-electron chi connectivity index (χ1n) is 6.60. The van der Waals surface area contributed by atoms with Crippen LogP contribution in [0.1, 0.15) is 24.2 Å². The van der Waals surface area contributed by atoms with Gasteiger partial charge in [0.1, 0.15) is 5.82 Å². The lowest BCUT2D eigenvalue weighted by molar-refractivity contribution is -0.0296. The summed E-state index contributed by atoms with van der Waals surface area (Å²) in [5.41, 5.74) is -0.213. The molecule has 0 bridgehead atoms. The first kappa shape index (κ1) is 15.2. The number of ether oxygens (including phenoxy) is 1. The second kappa shape index (κ2) is 6.09. The zero-order valence-electron chi connectivity index (χ0n) is 11.8. The number of benzene rings is 1. The van der Waals surface area contributed by atoms with Gasteiger partial charge in [0, 0.05) is 12.2 Å². The zero-order chi connectivity index (χ0) is 15.6. The van der Waals surface area contributed by atoms with Crippen molar-refractivity contribution in [3.05, 3.63) is 29.6 Å². The number of carboxylic acid groups (broad SMARTS) is 1. The molecule has 1 aromatic carbocycles. The van der Waals surface area contributed by atoms with E-state index < -0.39 is 17.3 Å². The smallest absolute Gasteiger partial charge is 0.338 e. The number of carbonyl (C=O) groups is 2. The summed E-state index contributed by atoms with van der Waals surface area (Å²) in [6.07, 6.45) is -0.0573. The van der Waals surface area contributed by atoms with E-state index in [1.807, 2.05) is 13.8 Å². The van der Waals surface area contributed by atoms with Gasteiger partial charge in [0.25, 0.3) is 0 Å². The predicted molar refractivity (Wildman–Crippen MR) is 74.0 cm³/mol. The number of carbonyl (C=O) groups excluding carboxylic acids is 1. The van der Waals surface area contributed by atoms with Crippen LogP contribution in [0.3, 0.4) is 0 Å². The van der Waals surface area contributed by atoms with Crippen molar-refractivity contribution in [3.8, 4) is 0 Å². The van der Waals surface area contributed by atoms with Crippen LogP contribution in [0.25, 0.3) is 0 Å². The van der Waals surface area contributed by atoms with Crippen LogP contribution in [0, 0.1) is 5.82 Å². The number of amides is 2. The highest BCUT2D eigenvalue weighted by Gasteiger charge is 2.27. The molecule has 2 N–H and O–H groups in total. The van der Waals surface area contributed by atoms with E-state index in [1.165, 1.54) is 6.07 Å². The molecule has 114 valence electrons. The summed E-state index contributed by atoms with van der Waals surface area (Å²) in [6.45, 7) is 4.62. The quantitative estimate of drug-likeness (QED) is 0.876. The Labute approximate surface area is 121 Å². The molecule has 0 saturated carbocycles. The molecule has 6 nitrogen and oxygen atoms in total. The third kappa shape index (κ3) is 3.49. The number of rotatable bonds is 2. The summed E-state index contributed by atoms with van der Waals surface area (Å²) in [6, 6.07) is 3.04. The van der Waals surface area contributed by atoms with Crippen LogP contribution in [0.4, 0.5) is 14.9 Å². The minimum absolute atomic E-state index is 0.0573. The van der Waals surface area contributed by atoms with Crippen molar-refractivity contribution in [1.82, 2.24) is 4.90 Å². The summed E-state index contributed by atoms with van der Waals surface area (Å²) in [5, 5.41) is 11.3. The minimum Gasteiger partial charge on any atom is -0.478 e. The highest BCUT2D eigenvalue weighted by molar-refractivity contribution is 5.92. The van der Waals surface area contributed by atoms with Crippen LogP contribution in [-0.2, 0) is 4.74 Å². The number of hydrogen-bond donors (Lipinski definition) is 2. The second-order valence-corrected chi connectivity index (χ2v) is 5.08. The molecule has 7 heteroatoms. The second-order valence-electron chi connectivity index (χ2n) is 5.08. The van der Waals surface area contributed by atoms with E-state index in [-0.39, 0.29) is 23.9 Å². The Bertz CT molecular complexity index is 564. The fraction of sp³-hybridized carbons (Fsp3) is 0.429. The zero-order valence-corrected chi connectivity index (χ0v) is 11.8. The maximum absolute atomic E-state index is 13.6. The molecular weight excluding hydrogens is 279 g/mol. The van der Waals surface area contributed by atoms with Crippen molar-refractivity contribution in [2.24, 2.45) is 0 Å². The molecule has 1 aliphatic rings. The van der Waals surface area contributed by atoms with Crippen molar-refractivity contribution in [2.45, 2.75) is 26.0 Å². The Balaban J connectivity index is 2.09. The van der Waals surface area contributed by atoms with Crippen molar-refractivity contribution >= 4 is 17.7 Å². The van der Waals surface area contributed by atoms with Gasteiger partial charge in [0.15, 0.2) is 0 Å². The fourth-order valence-corrected chi connectivity index (χ4v) is 2.15. The highest BCUT2D eigenvalue weighted by Crippen LogP contribution is 2.17. The number of halogens is 1. The van der Waals surface area contributed by atoms with E-state index >= 15 is 0 Å². The molecule has 1 aromatic rings. The van der Waals surface area contributed by atoms with Crippen LogP contribution in [-0.4, -0.2) is 47.3 Å². The van der Waals surface area contributed by atoms with Gasteiger partial charge < -0.3 is 20.1 Å². The van der Waals surface area contributed by atoms with E-state index in [9.17, 15) is 14.0 Å². The Morgan fingerprint density at radius 1 is 1.43 bits per heavy atom. The third-order valence-electron chi connectivity index (χ3n) is 3.32. The van der Waals surface area contributed by atoms with Gasteiger partial charge >= 0.3 is 12.0 Å². The monoisotopic (exact) mass is 296 g/mol. The van der Waals surface area contributed by atoms with E-state index in [4.69, 9.17) is 9.84 Å². The molecule has 2 unspecified atom stereocenters. The SMILES string of the molecule is CC1CN(C(=O)Nc2ccc(C(=O)O)c(F)c2)C(C)CO1. The lowest BCUT2D eigenvalue weighted by Gasteiger charge is -2.36. The average Bonchev–Trinajstić information content (AvgIpc) is 2.41. The Morgan fingerprint density at radius 3 is 2.76 bits per heavy atom. The molecular formula is C14H17FN2O4. The molecule has 1 saturated heterocycles. The largest absolute Gasteiger partial charge is 0.478 e. The predicted octanol–water partition coefficient (Wildman–Crippen LogP) is 2.17. The van der Waals surface area contributed by atoms with Crippen LogP contribution in [0.2, 0.25) is 0 Å². The number of morpholine rings is 1. The van der Waals surface area contributed by atoms with Gasteiger partial charge in [-0.1, -0.05) is 0 Å². The summed E-state index contributed by atoms with van der Waals surface area (Å²) < 4.78 is 19.0. The maximum atomic E-state index is 13.6. The number of nitrogens with zero attached hydrogens (tertiary/aromatic N) is 1. The van der Waals surface area contributed by atoms with E-state index in [0.717, 1.165) is 12.1 Å². The number of anilines is 1. The van der Waals surface area contributed by atoms with Crippen LogP contribution in [0.15, 0.2) is 18.2 Å². The molecule has 0 aromatic heterocycles. The van der Waals surface area contributed by atoms with Crippen LogP contribution in [0.5, 0.6) is 0 Å². The molecule has 2 atom stereocenters. The van der Waals surface area contributed by atoms with Crippen LogP contribution < -0.4 is 5.32 Å². The Kier molecular flexibility index (Phi) is 4.42. The van der Waals surface area contributed by atoms with Gasteiger partial charge in [-0.05, 0) is 32.0 Å². The van der Waals surface area contributed by atoms with Crippen molar-refractivity contribution in [3.63, 3.8) is 0 Å². The number of urea groups is 1. The summed E-state index contributed by atoms with van der Waals surface area (Å²) in [4.78, 5) is 24.5. The van der Waals surface area contributed by atoms with E-state index in [0.29, 0.717) is 13.2 Å². The van der Waals surface area contributed by atoms with Crippen molar-refractivity contribution in [2.75, 3.05) is 18.5 Å². The molecule has 1 aliphatic heterocycles. The fourth-order valence-electron chi connectivity index (χ4n) is 2.15. The Morgan fingerprint density at radius 2 is 2.14 bits per heavy atom. The number of nitrogens with one attached hydrogen (secondary N) is 1. The number of carboxylic acids is 1. The lowest BCUT2D eigenvalue weighted by Crippen LogP contribution is -2.51. The van der Waals surface area contributed by atoms with Crippen LogP contribution >= 0.6 is 0 Å². The van der Waals surface area contributed by atoms with E-state index in [1.54, 1.807) is 4.90 Å². The van der Waals surface area contributed by atoms with Gasteiger partial charge in [-0.3, -0.25) is 0 Å². The molecule has 1 heterocycles. The van der Waals surface area contributed by atoms with Crippen molar-refractivity contribution in [1.29, 1.82) is 0 Å². The average molecular weight is 296 g/mol. The van der Waals surface area contributed by atoms with Gasteiger partial charge in [-0.2, -0.15) is 0 Å². The lowest BCUT2D eigenvalue weighted by atomic mass is 10.2. The molecule has 0 radical (unpaired) electrons. The normalized spacial score (nSPS) is 22.0. The third-order valence-corrected chi connectivity index (χ3v) is 3.32. The molecule has 2 rings (SSSR count). The molecule has 2 amide bonds. The number of hydrogen-bond acceptors (Lipinski definition) is 3. The summed E-state index contributed by atoms with van der Waals surface area (Å²) >= 11 is 0. The first-order chi connectivity index (χ1) is 9.88. The maximum Gasteiger partial charge on any atom is 0.338 e. The topological polar surface area (TPSA) is 78.9 Å².